The zero-order valence-electron chi connectivity index (χ0n) is 18.9. The predicted molar refractivity (Wildman–Crippen MR) is 127 cm³/mol. The van der Waals surface area contributed by atoms with Gasteiger partial charge in [-0.3, -0.25) is 14.5 Å². The molecule has 0 aromatic heterocycles. The van der Waals surface area contributed by atoms with E-state index < -0.39 is 17.6 Å². The highest BCUT2D eigenvalue weighted by Gasteiger charge is 2.34. The van der Waals surface area contributed by atoms with E-state index in [1.165, 1.54) is 29.9 Å². The normalized spacial score (nSPS) is 16.0. The topological polar surface area (TPSA) is 52.7 Å². The number of carbonyl (C=O) groups is 2. The SMILES string of the molecule is O=C(Nc1cccc2c1C(=O)N(c1cccc(C(F)(F)F)c1)C2)c1ccc(CN2CCCC2)cc1. The maximum absolute atomic E-state index is 13.2. The van der Waals surface area contributed by atoms with Crippen molar-refractivity contribution in [3.63, 3.8) is 0 Å². The Morgan fingerprint density at radius 3 is 2.37 bits per heavy atom. The zero-order valence-corrected chi connectivity index (χ0v) is 18.9. The molecule has 35 heavy (non-hydrogen) atoms. The molecule has 1 N–H and O–H groups in total. The van der Waals surface area contributed by atoms with Gasteiger partial charge in [-0.1, -0.05) is 30.3 Å². The summed E-state index contributed by atoms with van der Waals surface area (Å²) < 4.78 is 39.5. The van der Waals surface area contributed by atoms with Gasteiger partial charge in [0.05, 0.1) is 23.4 Å². The van der Waals surface area contributed by atoms with E-state index >= 15 is 0 Å². The summed E-state index contributed by atoms with van der Waals surface area (Å²) in [6.07, 6.45) is -2.08. The Balaban J connectivity index is 1.33. The monoisotopic (exact) mass is 479 g/mol. The third-order valence-corrected chi connectivity index (χ3v) is 6.49. The number of nitrogens with one attached hydrogen (secondary N) is 1. The Labute approximate surface area is 201 Å². The largest absolute Gasteiger partial charge is 0.416 e. The second-order valence-corrected chi connectivity index (χ2v) is 8.91. The van der Waals surface area contributed by atoms with Crippen molar-refractivity contribution in [2.45, 2.75) is 32.1 Å². The number of alkyl halides is 3. The Morgan fingerprint density at radius 2 is 1.66 bits per heavy atom. The van der Waals surface area contributed by atoms with Gasteiger partial charge in [-0.15, -0.1) is 0 Å². The van der Waals surface area contributed by atoms with Crippen molar-refractivity contribution < 1.29 is 22.8 Å². The van der Waals surface area contributed by atoms with E-state index in [0.29, 0.717) is 22.4 Å². The van der Waals surface area contributed by atoms with Crippen LogP contribution in [0.15, 0.2) is 66.7 Å². The molecule has 180 valence electrons. The molecule has 0 radical (unpaired) electrons. The van der Waals surface area contributed by atoms with Gasteiger partial charge in [0, 0.05) is 17.8 Å². The molecule has 0 saturated carbocycles. The highest BCUT2D eigenvalue weighted by Crippen LogP contribution is 2.36. The summed E-state index contributed by atoms with van der Waals surface area (Å²) in [6.45, 7) is 3.16. The van der Waals surface area contributed by atoms with Crippen LogP contribution in [0.3, 0.4) is 0 Å². The fourth-order valence-corrected chi connectivity index (χ4v) is 4.68. The minimum absolute atomic E-state index is 0.129. The highest BCUT2D eigenvalue weighted by atomic mass is 19.4. The molecule has 3 aromatic rings. The molecule has 1 fully saturated rings. The number of halogens is 3. The summed E-state index contributed by atoms with van der Waals surface area (Å²) in [5.74, 6) is -0.798. The van der Waals surface area contributed by atoms with E-state index in [1.54, 1.807) is 30.3 Å². The van der Waals surface area contributed by atoms with Crippen molar-refractivity contribution in [2.24, 2.45) is 0 Å². The van der Waals surface area contributed by atoms with Gasteiger partial charge >= 0.3 is 6.18 Å². The molecule has 2 amide bonds. The van der Waals surface area contributed by atoms with Crippen LogP contribution < -0.4 is 10.2 Å². The number of fused-ring (bicyclic) bond motifs is 1. The smallest absolute Gasteiger partial charge is 0.321 e. The van der Waals surface area contributed by atoms with E-state index in [4.69, 9.17) is 0 Å². The minimum atomic E-state index is -4.51. The van der Waals surface area contributed by atoms with Crippen LogP contribution in [0.4, 0.5) is 24.5 Å². The third kappa shape index (κ3) is 4.79. The molecule has 2 aliphatic heterocycles. The molecule has 0 bridgehead atoms. The molecule has 1 saturated heterocycles. The van der Waals surface area contributed by atoms with E-state index in [0.717, 1.165) is 37.3 Å². The number of hydrogen-bond donors (Lipinski definition) is 1. The van der Waals surface area contributed by atoms with Gasteiger partial charge in [0.25, 0.3) is 11.8 Å². The molecule has 0 spiro atoms. The van der Waals surface area contributed by atoms with Crippen molar-refractivity contribution in [2.75, 3.05) is 23.3 Å². The predicted octanol–water partition coefficient (Wildman–Crippen LogP) is 5.71. The average Bonchev–Trinajstić information content (AvgIpc) is 3.47. The maximum Gasteiger partial charge on any atom is 0.416 e. The van der Waals surface area contributed by atoms with Crippen LogP contribution in [0.1, 0.15) is 50.2 Å². The van der Waals surface area contributed by atoms with Gasteiger partial charge in [0.1, 0.15) is 0 Å². The van der Waals surface area contributed by atoms with Crippen molar-refractivity contribution in [1.82, 2.24) is 4.90 Å². The Morgan fingerprint density at radius 1 is 0.943 bits per heavy atom. The fourth-order valence-electron chi connectivity index (χ4n) is 4.68. The van der Waals surface area contributed by atoms with Crippen LogP contribution in [0, 0.1) is 0 Å². The van der Waals surface area contributed by atoms with Crippen LogP contribution in [-0.2, 0) is 19.3 Å². The molecule has 8 heteroatoms. The third-order valence-electron chi connectivity index (χ3n) is 6.49. The Kier molecular flexibility index (Phi) is 6.06. The summed E-state index contributed by atoms with van der Waals surface area (Å²) in [5.41, 5.74) is 2.22. The van der Waals surface area contributed by atoms with E-state index in [9.17, 15) is 22.8 Å². The molecular weight excluding hydrogens is 455 g/mol. The van der Waals surface area contributed by atoms with E-state index in [1.807, 2.05) is 12.1 Å². The zero-order chi connectivity index (χ0) is 24.6. The second kappa shape index (κ2) is 9.19. The van der Waals surface area contributed by atoms with Gasteiger partial charge in [0.2, 0.25) is 0 Å². The average molecular weight is 480 g/mol. The van der Waals surface area contributed by atoms with Crippen LogP contribution >= 0.6 is 0 Å². The molecule has 0 unspecified atom stereocenters. The lowest BCUT2D eigenvalue weighted by molar-refractivity contribution is -0.137. The molecule has 5 rings (SSSR count). The molecule has 3 aromatic carbocycles. The number of amides is 2. The lowest BCUT2D eigenvalue weighted by atomic mass is 10.1. The summed E-state index contributed by atoms with van der Waals surface area (Å²) in [6, 6.07) is 17.2. The van der Waals surface area contributed by atoms with Crippen molar-refractivity contribution >= 4 is 23.2 Å². The summed E-state index contributed by atoms with van der Waals surface area (Å²) in [5, 5.41) is 2.81. The number of carbonyl (C=O) groups excluding carboxylic acids is 2. The maximum atomic E-state index is 13.2. The van der Waals surface area contributed by atoms with Crippen LogP contribution in [-0.4, -0.2) is 29.8 Å². The lowest BCUT2D eigenvalue weighted by Gasteiger charge is -2.18. The number of hydrogen-bond acceptors (Lipinski definition) is 3. The number of anilines is 2. The first kappa shape index (κ1) is 23.1. The molecule has 2 heterocycles. The summed E-state index contributed by atoms with van der Waals surface area (Å²) in [7, 11) is 0. The number of likely N-dealkylation sites (tertiary alicyclic amines) is 1. The quantitative estimate of drug-likeness (QED) is 0.510. The highest BCUT2D eigenvalue weighted by molar-refractivity contribution is 6.16. The van der Waals surface area contributed by atoms with Crippen LogP contribution in [0.25, 0.3) is 0 Å². The van der Waals surface area contributed by atoms with Crippen molar-refractivity contribution in [3.05, 3.63) is 94.5 Å². The van der Waals surface area contributed by atoms with Gasteiger partial charge < -0.3 is 10.2 Å². The van der Waals surface area contributed by atoms with Gasteiger partial charge in [-0.05, 0) is 73.5 Å². The molecular formula is C27H24F3N3O2. The summed E-state index contributed by atoms with van der Waals surface area (Å²) in [4.78, 5) is 29.8. The van der Waals surface area contributed by atoms with E-state index in [2.05, 4.69) is 10.2 Å². The van der Waals surface area contributed by atoms with Gasteiger partial charge in [-0.25, -0.2) is 0 Å². The number of benzene rings is 3. The Bertz CT molecular complexity index is 1270. The number of nitrogens with zero attached hydrogens (tertiary/aromatic N) is 2. The number of rotatable bonds is 5. The Hall–Kier alpha value is -3.65. The fraction of sp³-hybridized carbons (Fsp3) is 0.259. The van der Waals surface area contributed by atoms with Gasteiger partial charge in [-0.2, -0.15) is 13.2 Å². The lowest BCUT2D eigenvalue weighted by Crippen LogP contribution is -2.24. The first-order valence-corrected chi connectivity index (χ1v) is 11.5. The van der Waals surface area contributed by atoms with Crippen molar-refractivity contribution in [1.29, 1.82) is 0 Å². The summed E-state index contributed by atoms with van der Waals surface area (Å²) >= 11 is 0. The van der Waals surface area contributed by atoms with Crippen LogP contribution in [0.5, 0.6) is 0 Å². The van der Waals surface area contributed by atoms with Gasteiger partial charge in [0.15, 0.2) is 0 Å². The minimum Gasteiger partial charge on any atom is -0.321 e. The standard InChI is InChI=1S/C27H24F3N3O2/c28-27(29,30)21-6-4-7-22(15-21)33-17-20-5-3-8-23(24(20)26(33)35)31-25(34)19-11-9-18(10-12-19)16-32-13-1-2-14-32/h3-12,15H,1-2,13-14,16-17H2,(H,31,34). The second-order valence-electron chi connectivity index (χ2n) is 8.91. The molecule has 0 aliphatic carbocycles. The molecule has 5 nitrogen and oxygen atoms in total. The van der Waals surface area contributed by atoms with Crippen molar-refractivity contribution in [3.8, 4) is 0 Å². The molecule has 0 atom stereocenters. The first-order chi connectivity index (χ1) is 16.8. The first-order valence-electron chi connectivity index (χ1n) is 11.5. The van der Waals surface area contributed by atoms with Crippen LogP contribution in [0.2, 0.25) is 0 Å². The van der Waals surface area contributed by atoms with E-state index in [-0.39, 0.29) is 18.1 Å². The molecule has 2 aliphatic rings.